The van der Waals surface area contributed by atoms with Crippen molar-refractivity contribution in [1.82, 2.24) is 4.90 Å². The highest BCUT2D eigenvalue weighted by Gasteiger charge is 2.20. The molecule has 0 heterocycles. The Morgan fingerprint density at radius 3 is 2.59 bits per heavy atom. The molecule has 0 spiro atoms. The molecule has 1 atom stereocenters. The first-order chi connectivity index (χ1) is 10.2. The Balaban J connectivity index is 2.84. The third-order valence-corrected chi connectivity index (χ3v) is 5.67. The molecule has 0 saturated heterocycles. The lowest BCUT2D eigenvalue weighted by Gasteiger charge is -2.23. The topological polar surface area (TPSA) is 54.5 Å². The van der Waals surface area contributed by atoms with E-state index in [1.165, 1.54) is 11.0 Å². The van der Waals surface area contributed by atoms with Crippen LogP contribution in [-0.4, -0.2) is 43.8 Å². The van der Waals surface area contributed by atoms with Crippen LogP contribution in [0, 0.1) is 0 Å². The van der Waals surface area contributed by atoms with Crippen molar-refractivity contribution in [2.45, 2.75) is 26.8 Å². The van der Waals surface area contributed by atoms with Crippen LogP contribution in [-0.2, 0) is 14.6 Å². The van der Waals surface area contributed by atoms with Gasteiger partial charge in [-0.15, -0.1) is 0 Å². The number of rotatable bonds is 6. The fourth-order valence-corrected chi connectivity index (χ4v) is 3.30. The van der Waals surface area contributed by atoms with Gasteiger partial charge < -0.3 is 4.90 Å². The maximum Gasteiger partial charge on any atom is 0.246 e. The van der Waals surface area contributed by atoms with Crippen LogP contribution in [0.1, 0.15) is 26.3 Å². The molecule has 4 nitrogen and oxygen atoms in total. The van der Waals surface area contributed by atoms with E-state index in [9.17, 15) is 13.2 Å². The highest BCUT2D eigenvalue weighted by atomic mass is 35.5. The third-order valence-electron chi connectivity index (χ3n) is 3.56. The zero-order chi connectivity index (χ0) is 16.9. The third kappa shape index (κ3) is 5.46. The van der Waals surface area contributed by atoms with Crippen LogP contribution in [0.3, 0.4) is 0 Å². The lowest BCUT2D eigenvalue weighted by molar-refractivity contribution is -0.126. The number of hydrogen-bond donors (Lipinski definition) is 0. The first-order valence-corrected chi connectivity index (χ1v) is 9.27. The molecule has 0 bridgehead atoms. The molecule has 0 saturated carbocycles. The summed E-state index contributed by atoms with van der Waals surface area (Å²) >= 11 is 5.94. The molecule has 1 aromatic rings. The van der Waals surface area contributed by atoms with Gasteiger partial charge in [-0.25, -0.2) is 8.42 Å². The number of likely N-dealkylation sites (N-methyl/N-ethyl adjacent to an activating group) is 1. The van der Waals surface area contributed by atoms with Crippen molar-refractivity contribution in [2.24, 2.45) is 0 Å². The van der Waals surface area contributed by atoms with Gasteiger partial charge in [-0.05, 0) is 37.1 Å². The molecule has 6 heteroatoms. The molecule has 1 aromatic carbocycles. The molecule has 0 aliphatic carbocycles. The number of amides is 1. The van der Waals surface area contributed by atoms with Crippen LogP contribution in [0.4, 0.5) is 0 Å². The lowest BCUT2D eigenvalue weighted by Crippen LogP contribution is -2.39. The minimum Gasteiger partial charge on any atom is -0.338 e. The van der Waals surface area contributed by atoms with E-state index in [2.05, 4.69) is 0 Å². The number of allylic oxidation sites excluding steroid dienone is 1. The van der Waals surface area contributed by atoms with Crippen molar-refractivity contribution in [3.8, 4) is 0 Å². The second-order valence-electron chi connectivity index (χ2n) is 5.33. The largest absolute Gasteiger partial charge is 0.338 e. The molecule has 122 valence electrons. The fourth-order valence-electron chi connectivity index (χ4n) is 1.92. The van der Waals surface area contributed by atoms with Gasteiger partial charge >= 0.3 is 0 Å². The van der Waals surface area contributed by atoms with Crippen LogP contribution >= 0.6 is 11.6 Å². The van der Waals surface area contributed by atoms with Gasteiger partial charge in [0.05, 0.1) is 5.75 Å². The lowest BCUT2D eigenvalue weighted by atomic mass is 10.1. The summed E-state index contributed by atoms with van der Waals surface area (Å²) in [6.45, 7) is 5.16. The van der Waals surface area contributed by atoms with Gasteiger partial charge in [0, 0.05) is 29.9 Å². The van der Waals surface area contributed by atoms with Gasteiger partial charge in [-0.3, -0.25) is 4.79 Å². The van der Waals surface area contributed by atoms with Crippen LogP contribution in [0.5, 0.6) is 0 Å². The molecular formula is C16H22ClNO3S. The Morgan fingerprint density at radius 2 is 2.05 bits per heavy atom. The average Bonchev–Trinajstić information content (AvgIpc) is 2.45. The molecule has 0 aliphatic rings. The first-order valence-electron chi connectivity index (χ1n) is 7.07. The van der Waals surface area contributed by atoms with Crippen molar-refractivity contribution >= 4 is 32.9 Å². The summed E-state index contributed by atoms with van der Waals surface area (Å²) < 4.78 is 23.3. The quantitative estimate of drug-likeness (QED) is 0.746. The predicted octanol–water partition coefficient (Wildman–Crippen LogP) is 3.02. The second-order valence-corrected chi connectivity index (χ2v) is 8.17. The molecule has 0 N–H and O–H groups in total. The van der Waals surface area contributed by atoms with Gasteiger partial charge in [0.1, 0.15) is 0 Å². The van der Waals surface area contributed by atoms with E-state index in [4.69, 9.17) is 11.6 Å². The van der Waals surface area contributed by atoms with Gasteiger partial charge in [-0.1, -0.05) is 30.7 Å². The van der Waals surface area contributed by atoms with E-state index in [0.717, 1.165) is 11.1 Å². The summed E-state index contributed by atoms with van der Waals surface area (Å²) in [5.41, 5.74) is 1.65. The van der Waals surface area contributed by atoms with Gasteiger partial charge in [0.25, 0.3) is 0 Å². The van der Waals surface area contributed by atoms with Crippen molar-refractivity contribution in [2.75, 3.05) is 18.6 Å². The first kappa shape index (κ1) is 18.7. The molecule has 0 radical (unpaired) electrons. The number of sulfone groups is 1. The number of benzene rings is 1. The van der Waals surface area contributed by atoms with Crippen LogP contribution in [0.25, 0.3) is 5.57 Å². The smallest absolute Gasteiger partial charge is 0.246 e. The van der Waals surface area contributed by atoms with Crippen molar-refractivity contribution in [3.63, 3.8) is 0 Å². The Bertz CT molecular complexity index is 668. The number of carbonyl (C=O) groups is 1. The van der Waals surface area contributed by atoms with Crippen molar-refractivity contribution in [3.05, 3.63) is 40.9 Å². The Hall–Kier alpha value is -1.33. The summed E-state index contributed by atoms with van der Waals surface area (Å²) in [4.78, 5) is 13.7. The highest BCUT2D eigenvalue weighted by Crippen LogP contribution is 2.18. The van der Waals surface area contributed by atoms with E-state index in [1.54, 1.807) is 33.0 Å². The molecule has 1 amide bonds. The Kier molecular flexibility index (Phi) is 6.63. The minimum atomic E-state index is -3.12. The molecular weight excluding hydrogens is 322 g/mol. The zero-order valence-electron chi connectivity index (χ0n) is 13.3. The Labute approximate surface area is 137 Å². The number of halogens is 1. The summed E-state index contributed by atoms with van der Waals surface area (Å²) in [6.07, 6.45) is 1.50. The molecule has 0 aromatic heterocycles. The number of carbonyl (C=O) groups excluding carboxylic acids is 1. The van der Waals surface area contributed by atoms with E-state index in [1.807, 2.05) is 19.1 Å². The van der Waals surface area contributed by atoms with E-state index >= 15 is 0 Å². The van der Waals surface area contributed by atoms with E-state index in [-0.39, 0.29) is 23.5 Å². The van der Waals surface area contributed by atoms with Crippen LogP contribution in [0.2, 0.25) is 5.02 Å². The van der Waals surface area contributed by atoms with Crippen molar-refractivity contribution in [1.29, 1.82) is 0 Å². The summed E-state index contributed by atoms with van der Waals surface area (Å²) in [5, 5.41) is 0.605. The van der Waals surface area contributed by atoms with Gasteiger partial charge in [-0.2, -0.15) is 0 Å². The molecule has 0 fully saturated rings. The zero-order valence-corrected chi connectivity index (χ0v) is 14.9. The summed E-state index contributed by atoms with van der Waals surface area (Å²) in [7, 11) is -1.50. The SMILES string of the molecule is CCS(=O)(=O)CC(C)N(C)C(=O)/C=C(\C)c1cccc(Cl)c1. The van der Waals surface area contributed by atoms with E-state index in [0.29, 0.717) is 5.02 Å². The molecule has 0 aliphatic heterocycles. The number of hydrogen-bond acceptors (Lipinski definition) is 3. The number of nitrogens with zero attached hydrogens (tertiary/aromatic N) is 1. The van der Waals surface area contributed by atoms with Crippen LogP contribution in [0.15, 0.2) is 30.3 Å². The summed E-state index contributed by atoms with van der Waals surface area (Å²) in [6, 6.07) is 6.87. The molecule has 1 unspecified atom stereocenters. The molecule has 1 rings (SSSR count). The normalized spacial score (nSPS) is 13.8. The maximum absolute atomic E-state index is 12.2. The standard InChI is InChI=1S/C16H22ClNO3S/c1-5-22(20,21)11-13(3)18(4)16(19)9-12(2)14-7-6-8-15(17)10-14/h6-10,13H,5,11H2,1-4H3/b12-9+. The van der Waals surface area contributed by atoms with E-state index < -0.39 is 9.84 Å². The van der Waals surface area contributed by atoms with Gasteiger partial charge in [0.2, 0.25) is 5.91 Å². The fraction of sp³-hybridized carbons (Fsp3) is 0.438. The van der Waals surface area contributed by atoms with Gasteiger partial charge in [0.15, 0.2) is 9.84 Å². The summed E-state index contributed by atoms with van der Waals surface area (Å²) in [5.74, 6) is -0.178. The van der Waals surface area contributed by atoms with Crippen molar-refractivity contribution < 1.29 is 13.2 Å². The molecule has 22 heavy (non-hydrogen) atoms. The van der Waals surface area contributed by atoms with Crippen LogP contribution < -0.4 is 0 Å². The Morgan fingerprint density at radius 1 is 1.41 bits per heavy atom. The predicted molar refractivity (Wildman–Crippen MR) is 91.7 cm³/mol. The highest BCUT2D eigenvalue weighted by molar-refractivity contribution is 7.91. The minimum absolute atomic E-state index is 0.0320. The average molecular weight is 344 g/mol. The maximum atomic E-state index is 12.2. The monoisotopic (exact) mass is 343 g/mol. The second kappa shape index (κ2) is 7.79.